The number of aldehydes is 1. The number of aromatic nitrogens is 2. The number of rotatable bonds is 2. The average molecular weight is 328 g/mol. The SMILES string of the molecule is CC(C)(C)c1nc2scc(-c3ccc4c(c3)OCO4)n2c1C=O. The van der Waals surface area contributed by atoms with E-state index in [0.29, 0.717) is 5.69 Å². The molecule has 0 atom stereocenters. The van der Waals surface area contributed by atoms with Gasteiger partial charge in [-0.2, -0.15) is 0 Å². The molecule has 0 aliphatic carbocycles. The quantitative estimate of drug-likeness (QED) is 0.670. The standard InChI is InChI=1S/C17H16N2O3S/c1-17(2,3)15-11(7-20)19-12(8-23-16(19)18-15)10-4-5-13-14(6-10)22-9-21-13/h4-8H,9H2,1-3H3. The first kappa shape index (κ1) is 14.3. The van der Waals surface area contributed by atoms with Gasteiger partial charge in [0.2, 0.25) is 6.79 Å². The van der Waals surface area contributed by atoms with Crippen LogP contribution in [0.3, 0.4) is 0 Å². The minimum absolute atomic E-state index is 0.186. The summed E-state index contributed by atoms with van der Waals surface area (Å²) in [5, 5.41) is 2.01. The lowest BCUT2D eigenvalue weighted by Crippen LogP contribution is -2.14. The summed E-state index contributed by atoms with van der Waals surface area (Å²) in [7, 11) is 0. The number of carbonyl (C=O) groups is 1. The molecule has 1 aliphatic heterocycles. The maximum absolute atomic E-state index is 11.7. The first-order valence-electron chi connectivity index (χ1n) is 7.34. The van der Waals surface area contributed by atoms with Crippen molar-refractivity contribution < 1.29 is 14.3 Å². The van der Waals surface area contributed by atoms with Gasteiger partial charge in [0.15, 0.2) is 22.7 Å². The molecule has 0 amide bonds. The number of carbonyl (C=O) groups excluding carboxylic acids is 1. The molecule has 3 heterocycles. The fourth-order valence-electron chi connectivity index (χ4n) is 2.80. The molecule has 3 aromatic rings. The van der Waals surface area contributed by atoms with Crippen LogP contribution in [-0.2, 0) is 5.41 Å². The number of ether oxygens (including phenoxy) is 2. The summed E-state index contributed by atoms with van der Waals surface area (Å²) >= 11 is 1.53. The van der Waals surface area contributed by atoms with E-state index < -0.39 is 0 Å². The second-order valence-electron chi connectivity index (χ2n) is 6.52. The highest BCUT2D eigenvalue weighted by Gasteiger charge is 2.26. The predicted octanol–water partition coefficient (Wildman–Crippen LogP) is 3.90. The van der Waals surface area contributed by atoms with E-state index in [2.05, 4.69) is 25.8 Å². The van der Waals surface area contributed by atoms with E-state index in [1.165, 1.54) is 11.3 Å². The van der Waals surface area contributed by atoms with Crippen LogP contribution in [-0.4, -0.2) is 22.5 Å². The Morgan fingerprint density at radius 1 is 1.26 bits per heavy atom. The van der Waals surface area contributed by atoms with E-state index in [9.17, 15) is 4.79 Å². The number of thiazole rings is 1. The van der Waals surface area contributed by atoms with Crippen LogP contribution in [0, 0.1) is 0 Å². The molecule has 5 nitrogen and oxygen atoms in total. The zero-order valence-corrected chi connectivity index (χ0v) is 13.9. The van der Waals surface area contributed by atoms with Crippen molar-refractivity contribution in [3.8, 4) is 22.8 Å². The van der Waals surface area contributed by atoms with E-state index in [-0.39, 0.29) is 12.2 Å². The van der Waals surface area contributed by atoms with Crippen molar-refractivity contribution in [2.24, 2.45) is 0 Å². The third kappa shape index (κ3) is 2.13. The Morgan fingerprint density at radius 3 is 2.78 bits per heavy atom. The highest BCUT2D eigenvalue weighted by molar-refractivity contribution is 7.15. The Bertz CT molecular complexity index is 918. The Morgan fingerprint density at radius 2 is 2.04 bits per heavy atom. The number of imidazole rings is 1. The van der Waals surface area contributed by atoms with Crippen LogP contribution >= 0.6 is 11.3 Å². The molecule has 0 radical (unpaired) electrons. The molecule has 0 saturated carbocycles. The first-order chi connectivity index (χ1) is 11.0. The summed E-state index contributed by atoms with van der Waals surface area (Å²) in [5.74, 6) is 1.47. The molecule has 23 heavy (non-hydrogen) atoms. The van der Waals surface area contributed by atoms with Gasteiger partial charge >= 0.3 is 0 Å². The van der Waals surface area contributed by atoms with Crippen LogP contribution < -0.4 is 9.47 Å². The maximum Gasteiger partial charge on any atom is 0.231 e. The largest absolute Gasteiger partial charge is 0.454 e. The van der Waals surface area contributed by atoms with E-state index in [0.717, 1.165) is 39.7 Å². The van der Waals surface area contributed by atoms with Crippen molar-refractivity contribution in [2.45, 2.75) is 26.2 Å². The molecule has 1 aromatic carbocycles. The van der Waals surface area contributed by atoms with Gasteiger partial charge in [-0.25, -0.2) is 4.98 Å². The molecule has 1 aliphatic rings. The van der Waals surface area contributed by atoms with Gasteiger partial charge in [-0.1, -0.05) is 20.8 Å². The van der Waals surface area contributed by atoms with Crippen LogP contribution in [0.1, 0.15) is 37.0 Å². The smallest absolute Gasteiger partial charge is 0.231 e. The zero-order valence-electron chi connectivity index (χ0n) is 13.1. The van der Waals surface area contributed by atoms with Gasteiger partial charge in [0, 0.05) is 16.4 Å². The van der Waals surface area contributed by atoms with Gasteiger partial charge in [0.05, 0.1) is 11.4 Å². The molecular formula is C17H16N2O3S. The maximum atomic E-state index is 11.7. The van der Waals surface area contributed by atoms with Gasteiger partial charge in [0.1, 0.15) is 5.69 Å². The average Bonchev–Trinajstić information content (AvgIpc) is 3.19. The van der Waals surface area contributed by atoms with Crippen molar-refractivity contribution in [1.82, 2.24) is 9.38 Å². The first-order valence-corrected chi connectivity index (χ1v) is 8.22. The predicted molar refractivity (Wildman–Crippen MR) is 88.7 cm³/mol. The van der Waals surface area contributed by atoms with Crippen LogP contribution in [0.5, 0.6) is 11.5 Å². The molecule has 0 N–H and O–H groups in total. The number of nitrogens with zero attached hydrogens (tertiary/aromatic N) is 2. The summed E-state index contributed by atoms with van der Waals surface area (Å²) in [4.78, 5) is 17.2. The van der Waals surface area contributed by atoms with Crippen molar-refractivity contribution in [3.63, 3.8) is 0 Å². The van der Waals surface area contributed by atoms with E-state index in [4.69, 9.17) is 9.47 Å². The Hall–Kier alpha value is -2.34. The van der Waals surface area contributed by atoms with Crippen molar-refractivity contribution in [3.05, 3.63) is 35.0 Å². The highest BCUT2D eigenvalue weighted by Crippen LogP contribution is 2.38. The van der Waals surface area contributed by atoms with E-state index in [1.54, 1.807) is 0 Å². The molecule has 2 aromatic heterocycles. The molecule has 0 fully saturated rings. The van der Waals surface area contributed by atoms with Crippen LogP contribution in [0.2, 0.25) is 0 Å². The Labute approximate surface area is 137 Å². The fourth-order valence-corrected chi connectivity index (χ4v) is 3.70. The molecule has 0 spiro atoms. The lowest BCUT2D eigenvalue weighted by atomic mass is 9.91. The fraction of sp³-hybridized carbons (Fsp3) is 0.294. The number of benzene rings is 1. The zero-order chi connectivity index (χ0) is 16.2. The minimum Gasteiger partial charge on any atom is -0.454 e. The summed E-state index contributed by atoms with van der Waals surface area (Å²) < 4.78 is 12.7. The summed E-state index contributed by atoms with van der Waals surface area (Å²) in [6, 6.07) is 5.80. The third-order valence-electron chi connectivity index (χ3n) is 3.89. The summed E-state index contributed by atoms with van der Waals surface area (Å²) in [6.07, 6.45) is 0.893. The van der Waals surface area contributed by atoms with Gasteiger partial charge in [-0.3, -0.25) is 9.20 Å². The lowest BCUT2D eigenvalue weighted by Gasteiger charge is -2.16. The van der Waals surface area contributed by atoms with E-state index >= 15 is 0 Å². The van der Waals surface area contributed by atoms with Crippen molar-refractivity contribution in [2.75, 3.05) is 6.79 Å². The number of hydrogen-bond acceptors (Lipinski definition) is 5. The second kappa shape index (κ2) is 4.83. The highest BCUT2D eigenvalue weighted by atomic mass is 32.1. The van der Waals surface area contributed by atoms with Crippen molar-refractivity contribution >= 4 is 22.6 Å². The second-order valence-corrected chi connectivity index (χ2v) is 7.36. The molecule has 0 saturated heterocycles. The van der Waals surface area contributed by atoms with Crippen LogP contribution in [0.25, 0.3) is 16.2 Å². The number of hydrogen-bond donors (Lipinski definition) is 0. The number of fused-ring (bicyclic) bond motifs is 2. The van der Waals surface area contributed by atoms with Crippen LogP contribution in [0.15, 0.2) is 23.6 Å². The Balaban J connectivity index is 1.94. The molecular weight excluding hydrogens is 312 g/mol. The van der Waals surface area contributed by atoms with Gasteiger partial charge in [-0.15, -0.1) is 11.3 Å². The Kier molecular flexibility index (Phi) is 2.99. The van der Waals surface area contributed by atoms with Gasteiger partial charge < -0.3 is 9.47 Å². The normalized spacial score (nSPS) is 13.7. The molecule has 118 valence electrons. The van der Waals surface area contributed by atoms with Gasteiger partial charge in [-0.05, 0) is 18.2 Å². The third-order valence-corrected chi connectivity index (χ3v) is 4.72. The molecule has 0 unspecified atom stereocenters. The van der Waals surface area contributed by atoms with Crippen LogP contribution in [0.4, 0.5) is 0 Å². The van der Waals surface area contributed by atoms with Crippen molar-refractivity contribution in [1.29, 1.82) is 0 Å². The molecule has 4 rings (SSSR count). The minimum atomic E-state index is -0.186. The molecule has 6 heteroatoms. The molecule has 0 bridgehead atoms. The van der Waals surface area contributed by atoms with E-state index in [1.807, 2.05) is 28.0 Å². The summed E-state index contributed by atoms with van der Waals surface area (Å²) in [5.41, 5.74) is 3.16. The lowest BCUT2D eigenvalue weighted by molar-refractivity contribution is 0.111. The van der Waals surface area contributed by atoms with Gasteiger partial charge in [0.25, 0.3) is 0 Å². The monoisotopic (exact) mass is 328 g/mol. The topological polar surface area (TPSA) is 52.8 Å². The summed E-state index contributed by atoms with van der Waals surface area (Å²) in [6.45, 7) is 6.43.